The van der Waals surface area contributed by atoms with E-state index in [2.05, 4.69) is 22.8 Å². The number of hydrogen-bond acceptors (Lipinski definition) is 4. The summed E-state index contributed by atoms with van der Waals surface area (Å²) in [4.78, 5) is 11.7. The highest BCUT2D eigenvalue weighted by molar-refractivity contribution is 6.21. The van der Waals surface area contributed by atoms with Crippen molar-refractivity contribution in [1.82, 2.24) is 19.4 Å². The Balaban J connectivity index is 1.76. The van der Waals surface area contributed by atoms with Gasteiger partial charge in [0.25, 0.3) is 0 Å². The number of benzene rings is 2. The zero-order valence-electron chi connectivity index (χ0n) is 17.3. The lowest BCUT2D eigenvalue weighted by Gasteiger charge is -2.12. The molecule has 0 aliphatic rings. The number of carbonyl (C=O) groups excluding carboxylic acids is 1. The molecule has 2 aromatic carbocycles. The molecule has 5 rings (SSSR count). The molecule has 154 valence electrons. The minimum atomic E-state index is -0.551. The van der Waals surface area contributed by atoms with E-state index in [-0.39, 0.29) is 5.57 Å². The Kier molecular flexibility index (Phi) is 4.35. The molecule has 7 nitrogen and oxygen atoms in total. The number of hydrogen-bond donors (Lipinski definition) is 1. The number of nitrogens with zero attached hydrogens (tertiary/aromatic N) is 5. The molecule has 0 bridgehead atoms. The van der Waals surface area contributed by atoms with Crippen LogP contribution >= 0.6 is 0 Å². The lowest BCUT2D eigenvalue weighted by atomic mass is 9.94. The number of fused-ring (bicyclic) bond motifs is 2. The second-order valence-electron chi connectivity index (χ2n) is 7.59. The van der Waals surface area contributed by atoms with Crippen molar-refractivity contribution in [3.63, 3.8) is 0 Å². The Bertz CT molecular complexity index is 1600. The molecule has 3 heterocycles. The second-order valence-corrected chi connectivity index (χ2v) is 7.59. The Morgan fingerprint density at radius 3 is 2.62 bits per heavy atom. The average Bonchev–Trinajstić information content (AvgIpc) is 3.43. The fourth-order valence-corrected chi connectivity index (χ4v) is 4.00. The van der Waals surface area contributed by atoms with E-state index in [4.69, 9.17) is 5.73 Å². The number of rotatable bonds is 4. The van der Waals surface area contributed by atoms with Crippen LogP contribution in [-0.2, 0) is 11.8 Å². The van der Waals surface area contributed by atoms with Crippen LogP contribution in [0.5, 0.6) is 0 Å². The first-order valence-corrected chi connectivity index (χ1v) is 9.89. The van der Waals surface area contributed by atoms with Gasteiger partial charge in [0, 0.05) is 41.7 Å². The Morgan fingerprint density at radius 1 is 1.06 bits per heavy atom. The van der Waals surface area contributed by atoms with E-state index in [1.165, 1.54) is 0 Å². The molecule has 0 aliphatic heterocycles. The third kappa shape index (κ3) is 3.02. The minimum absolute atomic E-state index is 0.270. The van der Waals surface area contributed by atoms with Gasteiger partial charge in [0.15, 0.2) is 0 Å². The van der Waals surface area contributed by atoms with E-state index >= 15 is 0 Å². The number of nitrogens with two attached hydrogens (primary N) is 1. The topological polar surface area (TPSA) is 102 Å². The Morgan fingerprint density at radius 2 is 1.91 bits per heavy atom. The highest BCUT2D eigenvalue weighted by Crippen LogP contribution is 2.34. The first kappa shape index (κ1) is 19.3. The summed E-state index contributed by atoms with van der Waals surface area (Å²) in [5, 5.41) is 20.1. The standard InChI is InChI=1S/C25H18N6O/c1-15(25(27)32)21-5-3-4-16-8-17(6-7-22(16)21)23-9-18(20-12-28-30(2)13-20)14-31-24(23)19(10-26)11-29-31/h3-9,11-14H,1H2,2H3,(H2,27,32). The molecule has 0 spiro atoms. The zero-order chi connectivity index (χ0) is 22.4. The van der Waals surface area contributed by atoms with Crippen molar-refractivity contribution in [1.29, 1.82) is 5.26 Å². The van der Waals surface area contributed by atoms with Crippen LogP contribution in [0.25, 0.3) is 44.1 Å². The quantitative estimate of drug-likeness (QED) is 0.447. The van der Waals surface area contributed by atoms with Crippen LogP contribution in [0.3, 0.4) is 0 Å². The van der Waals surface area contributed by atoms with Gasteiger partial charge in [-0.1, -0.05) is 36.9 Å². The highest BCUT2D eigenvalue weighted by atomic mass is 16.1. The van der Waals surface area contributed by atoms with Crippen LogP contribution in [0.4, 0.5) is 0 Å². The number of pyridine rings is 1. The fourth-order valence-electron chi connectivity index (χ4n) is 4.00. The predicted molar refractivity (Wildman–Crippen MR) is 123 cm³/mol. The molecule has 3 aromatic heterocycles. The molecular formula is C25H18N6O. The third-order valence-electron chi connectivity index (χ3n) is 5.58. The maximum Gasteiger partial charge on any atom is 0.248 e. The molecule has 32 heavy (non-hydrogen) atoms. The summed E-state index contributed by atoms with van der Waals surface area (Å²) < 4.78 is 3.47. The molecule has 5 aromatic rings. The molecule has 0 fully saturated rings. The number of nitriles is 1. The maximum atomic E-state index is 11.7. The lowest BCUT2D eigenvalue weighted by Crippen LogP contribution is -2.12. The summed E-state index contributed by atoms with van der Waals surface area (Å²) in [6, 6.07) is 15.9. The average molecular weight is 418 g/mol. The summed E-state index contributed by atoms with van der Waals surface area (Å²) in [6.45, 7) is 3.83. The smallest absolute Gasteiger partial charge is 0.248 e. The van der Waals surface area contributed by atoms with Crippen molar-refractivity contribution in [2.75, 3.05) is 0 Å². The van der Waals surface area contributed by atoms with Gasteiger partial charge in [0.2, 0.25) is 5.91 Å². The van der Waals surface area contributed by atoms with Gasteiger partial charge >= 0.3 is 0 Å². The van der Waals surface area contributed by atoms with Gasteiger partial charge in [-0.05, 0) is 34.0 Å². The molecule has 0 unspecified atom stereocenters. The monoisotopic (exact) mass is 418 g/mol. The van der Waals surface area contributed by atoms with E-state index in [9.17, 15) is 10.1 Å². The first-order chi connectivity index (χ1) is 15.5. The van der Waals surface area contributed by atoms with Gasteiger partial charge in [-0.25, -0.2) is 4.52 Å². The van der Waals surface area contributed by atoms with Gasteiger partial charge in [-0.2, -0.15) is 15.5 Å². The third-order valence-corrected chi connectivity index (χ3v) is 5.58. The first-order valence-electron chi connectivity index (χ1n) is 9.89. The molecular weight excluding hydrogens is 400 g/mol. The van der Waals surface area contributed by atoms with Crippen LogP contribution in [-0.4, -0.2) is 25.3 Å². The van der Waals surface area contributed by atoms with Crippen molar-refractivity contribution >= 4 is 27.8 Å². The van der Waals surface area contributed by atoms with E-state index in [1.807, 2.05) is 61.9 Å². The number of primary amides is 1. The second kappa shape index (κ2) is 7.22. The minimum Gasteiger partial charge on any atom is -0.366 e. The van der Waals surface area contributed by atoms with Gasteiger partial charge in [0.1, 0.15) is 6.07 Å². The molecule has 0 saturated carbocycles. The van der Waals surface area contributed by atoms with Crippen molar-refractivity contribution in [3.8, 4) is 28.3 Å². The van der Waals surface area contributed by atoms with Gasteiger partial charge in [0.05, 0.1) is 23.5 Å². The molecule has 7 heteroatoms. The Labute approximate surface area is 183 Å². The van der Waals surface area contributed by atoms with Crippen LogP contribution in [0.15, 0.2) is 73.8 Å². The van der Waals surface area contributed by atoms with Crippen LogP contribution in [0.2, 0.25) is 0 Å². The van der Waals surface area contributed by atoms with Gasteiger partial charge < -0.3 is 5.73 Å². The van der Waals surface area contributed by atoms with E-state index in [0.717, 1.165) is 38.5 Å². The number of amides is 1. The van der Waals surface area contributed by atoms with Crippen LogP contribution in [0, 0.1) is 11.3 Å². The molecule has 2 N–H and O–H groups in total. The molecule has 0 saturated heterocycles. The van der Waals surface area contributed by atoms with Crippen molar-refractivity contribution < 1.29 is 4.79 Å². The van der Waals surface area contributed by atoms with Crippen molar-refractivity contribution in [2.24, 2.45) is 12.8 Å². The fraction of sp³-hybridized carbons (Fsp3) is 0.0400. The summed E-state index contributed by atoms with van der Waals surface area (Å²) in [5.41, 5.74) is 11.3. The summed E-state index contributed by atoms with van der Waals surface area (Å²) in [7, 11) is 1.87. The highest BCUT2D eigenvalue weighted by Gasteiger charge is 2.16. The van der Waals surface area contributed by atoms with E-state index in [0.29, 0.717) is 11.1 Å². The predicted octanol–water partition coefficient (Wildman–Crippen LogP) is 3.93. The van der Waals surface area contributed by atoms with Crippen LogP contribution < -0.4 is 5.73 Å². The normalized spacial score (nSPS) is 11.0. The summed E-state index contributed by atoms with van der Waals surface area (Å²) >= 11 is 0. The van der Waals surface area contributed by atoms with Crippen molar-refractivity contribution in [2.45, 2.75) is 0 Å². The molecule has 0 aliphatic carbocycles. The summed E-state index contributed by atoms with van der Waals surface area (Å²) in [6.07, 6.45) is 7.19. The number of carbonyl (C=O) groups is 1. The van der Waals surface area contributed by atoms with Crippen molar-refractivity contribution in [3.05, 3.63) is 85.0 Å². The lowest BCUT2D eigenvalue weighted by molar-refractivity contribution is -0.112. The number of aromatic nitrogens is 4. The zero-order valence-corrected chi connectivity index (χ0v) is 17.3. The maximum absolute atomic E-state index is 11.7. The molecule has 1 amide bonds. The van der Waals surface area contributed by atoms with Gasteiger partial charge in [-0.3, -0.25) is 9.48 Å². The summed E-state index contributed by atoms with van der Waals surface area (Å²) in [5.74, 6) is -0.551. The molecule has 0 atom stereocenters. The van der Waals surface area contributed by atoms with Gasteiger partial charge in [-0.15, -0.1) is 0 Å². The SMILES string of the molecule is C=C(C(N)=O)c1cccc2cc(-c3cc(-c4cnn(C)c4)cn4ncc(C#N)c34)ccc12. The van der Waals surface area contributed by atoms with Crippen LogP contribution in [0.1, 0.15) is 11.1 Å². The van der Waals surface area contributed by atoms with E-state index < -0.39 is 5.91 Å². The van der Waals surface area contributed by atoms with E-state index in [1.54, 1.807) is 21.6 Å². The Hall–Kier alpha value is -4.70. The molecule has 0 radical (unpaired) electrons. The number of aryl methyl sites for hydroxylation is 1. The largest absolute Gasteiger partial charge is 0.366 e.